The van der Waals surface area contributed by atoms with E-state index in [2.05, 4.69) is 4.98 Å². The van der Waals surface area contributed by atoms with Crippen LogP contribution < -0.4 is 0 Å². The Hall–Kier alpha value is -1.88. The fourth-order valence-electron chi connectivity index (χ4n) is 1.35. The third-order valence-corrected chi connectivity index (χ3v) is 3.16. The third-order valence-electron chi connectivity index (χ3n) is 2.09. The number of aromatic hydroxyl groups is 1. The van der Waals surface area contributed by atoms with Gasteiger partial charge in [-0.15, -0.1) is 11.3 Å². The molecule has 0 saturated heterocycles. The average molecular weight is 249 g/mol. The Bertz CT molecular complexity index is 522. The van der Waals surface area contributed by atoms with E-state index in [1.165, 1.54) is 0 Å². The highest BCUT2D eigenvalue weighted by molar-refractivity contribution is 7.17. The van der Waals surface area contributed by atoms with Gasteiger partial charge in [0.15, 0.2) is 4.88 Å². The molecule has 0 spiro atoms. The summed E-state index contributed by atoms with van der Waals surface area (Å²) in [6.45, 7) is 1.99. The second-order valence-electron chi connectivity index (χ2n) is 3.26. The fraction of sp³-hybridized carbons (Fsp3) is 0.167. The zero-order valence-electron chi connectivity index (χ0n) is 9.21. The topological polar surface area (TPSA) is 59.4 Å². The van der Waals surface area contributed by atoms with Crippen molar-refractivity contribution in [2.75, 3.05) is 6.61 Å². The lowest BCUT2D eigenvalue weighted by molar-refractivity contribution is 0.0528. The minimum atomic E-state index is -0.537. The van der Waals surface area contributed by atoms with Crippen LogP contribution in [0.1, 0.15) is 16.6 Å². The molecule has 0 aliphatic heterocycles. The Morgan fingerprint density at radius 1 is 1.41 bits per heavy atom. The van der Waals surface area contributed by atoms with Crippen molar-refractivity contribution in [1.82, 2.24) is 4.98 Å². The predicted molar refractivity (Wildman–Crippen MR) is 65.2 cm³/mol. The third kappa shape index (κ3) is 2.45. The molecule has 0 bridgehead atoms. The van der Waals surface area contributed by atoms with Crippen LogP contribution in [0.2, 0.25) is 0 Å². The molecule has 88 valence electrons. The van der Waals surface area contributed by atoms with Crippen LogP contribution >= 0.6 is 11.3 Å². The monoisotopic (exact) mass is 249 g/mol. The van der Waals surface area contributed by atoms with Gasteiger partial charge in [-0.1, -0.05) is 30.3 Å². The van der Waals surface area contributed by atoms with Crippen LogP contribution in [0.3, 0.4) is 0 Å². The molecular weight excluding hydrogens is 238 g/mol. The van der Waals surface area contributed by atoms with Crippen molar-refractivity contribution in [3.63, 3.8) is 0 Å². The maximum Gasteiger partial charge on any atom is 0.353 e. The molecule has 2 rings (SSSR count). The van der Waals surface area contributed by atoms with Crippen molar-refractivity contribution < 1.29 is 14.6 Å². The molecule has 0 atom stereocenters. The first-order valence-electron chi connectivity index (χ1n) is 5.14. The summed E-state index contributed by atoms with van der Waals surface area (Å²) in [7, 11) is 0. The normalized spacial score (nSPS) is 10.2. The van der Waals surface area contributed by atoms with E-state index in [-0.39, 0.29) is 17.4 Å². The second-order valence-corrected chi connectivity index (χ2v) is 4.26. The van der Waals surface area contributed by atoms with Crippen molar-refractivity contribution in [2.45, 2.75) is 6.92 Å². The highest BCUT2D eigenvalue weighted by atomic mass is 32.1. The molecule has 0 aliphatic rings. The summed E-state index contributed by atoms with van der Waals surface area (Å²) in [6.07, 6.45) is 0. The summed E-state index contributed by atoms with van der Waals surface area (Å²) in [5.74, 6) is -0.808. The summed E-state index contributed by atoms with van der Waals surface area (Å²) in [5.41, 5.74) is 0.864. The number of aromatic nitrogens is 1. The Morgan fingerprint density at radius 2 is 2.12 bits per heavy atom. The van der Waals surface area contributed by atoms with Gasteiger partial charge in [0.05, 0.1) is 6.61 Å². The van der Waals surface area contributed by atoms with Gasteiger partial charge in [0.25, 0.3) is 0 Å². The van der Waals surface area contributed by atoms with E-state index in [0.29, 0.717) is 5.01 Å². The number of nitrogens with zero attached hydrogens (tertiary/aromatic N) is 1. The summed E-state index contributed by atoms with van der Waals surface area (Å²) >= 11 is 1.12. The highest BCUT2D eigenvalue weighted by Gasteiger charge is 2.19. The number of ether oxygens (including phenoxy) is 1. The first kappa shape index (κ1) is 11.6. The van der Waals surface area contributed by atoms with Crippen molar-refractivity contribution in [1.29, 1.82) is 0 Å². The van der Waals surface area contributed by atoms with Crippen molar-refractivity contribution >= 4 is 17.3 Å². The summed E-state index contributed by atoms with van der Waals surface area (Å²) in [5, 5.41) is 10.2. The number of benzene rings is 1. The van der Waals surface area contributed by atoms with Gasteiger partial charge in [-0.25, -0.2) is 9.78 Å². The lowest BCUT2D eigenvalue weighted by Gasteiger charge is -1.96. The molecule has 0 amide bonds. The molecule has 4 nitrogen and oxygen atoms in total. The summed E-state index contributed by atoms with van der Waals surface area (Å²) in [4.78, 5) is 15.6. The Balaban J connectivity index is 2.34. The number of rotatable bonds is 3. The Kier molecular flexibility index (Phi) is 3.39. The first-order valence-corrected chi connectivity index (χ1v) is 5.96. The average Bonchev–Trinajstić information content (AvgIpc) is 2.73. The van der Waals surface area contributed by atoms with Crippen LogP contribution in [0.5, 0.6) is 5.88 Å². The van der Waals surface area contributed by atoms with Crippen LogP contribution in [0, 0.1) is 0 Å². The van der Waals surface area contributed by atoms with Gasteiger partial charge in [-0.05, 0) is 6.92 Å². The number of hydrogen-bond acceptors (Lipinski definition) is 5. The molecule has 0 aliphatic carbocycles. The lowest BCUT2D eigenvalue weighted by Crippen LogP contribution is -2.02. The zero-order chi connectivity index (χ0) is 12.3. The van der Waals surface area contributed by atoms with E-state index >= 15 is 0 Å². The quantitative estimate of drug-likeness (QED) is 0.850. The first-order chi connectivity index (χ1) is 8.22. The van der Waals surface area contributed by atoms with E-state index in [9.17, 15) is 9.90 Å². The van der Waals surface area contributed by atoms with Crippen molar-refractivity contribution in [3.8, 4) is 16.5 Å². The standard InChI is InChI=1S/C12H11NO3S/c1-2-16-12(15)9-10(14)13-11(17-9)8-6-4-3-5-7-8/h3-7,14H,2H2,1H3. The van der Waals surface area contributed by atoms with Crippen LogP contribution in [-0.4, -0.2) is 22.7 Å². The molecule has 1 aromatic carbocycles. The van der Waals surface area contributed by atoms with Crippen LogP contribution in [0.4, 0.5) is 0 Å². The summed E-state index contributed by atoms with van der Waals surface area (Å²) in [6, 6.07) is 9.37. The lowest BCUT2D eigenvalue weighted by atomic mass is 10.2. The number of hydrogen-bond donors (Lipinski definition) is 1. The molecule has 17 heavy (non-hydrogen) atoms. The van der Waals surface area contributed by atoms with Gasteiger partial charge >= 0.3 is 5.97 Å². The minimum absolute atomic E-state index is 0.144. The molecule has 0 fully saturated rings. The largest absolute Gasteiger partial charge is 0.492 e. The van der Waals surface area contributed by atoms with Gasteiger partial charge in [-0.2, -0.15) is 0 Å². The number of carbonyl (C=O) groups excluding carboxylic acids is 1. The predicted octanol–water partition coefficient (Wildman–Crippen LogP) is 2.69. The van der Waals surface area contributed by atoms with Crippen molar-refractivity contribution in [3.05, 3.63) is 35.2 Å². The highest BCUT2D eigenvalue weighted by Crippen LogP contribution is 2.31. The molecule has 0 saturated carbocycles. The second kappa shape index (κ2) is 4.97. The number of thiazole rings is 1. The van der Waals surface area contributed by atoms with Gasteiger partial charge in [0.1, 0.15) is 5.01 Å². The number of esters is 1. The number of carbonyl (C=O) groups is 1. The maximum absolute atomic E-state index is 11.5. The van der Waals surface area contributed by atoms with E-state index in [1.54, 1.807) is 6.92 Å². The SMILES string of the molecule is CCOC(=O)c1sc(-c2ccccc2)nc1O. The van der Waals surface area contributed by atoms with E-state index < -0.39 is 5.97 Å². The molecule has 1 heterocycles. The smallest absolute Gasteiger partial charge is 0.353 e. The van der Waals surface area contributed by atoms with E-state index in [0.717, 1.165) is 16.9 Å². The molecule has 1 aromatic heterocycles. The van der Waals surface area contributed by atoms with Gasteiger partial charge in [0.2, 0.25) is 5.88 Å². The minimum Gasteiger partial charge on any atom is -0.492 e. The van der Waals surface area contributed by atoms with Crippen LogP contribution in [0.15, 0.2) is 30.3 Å². The van der Waals surface area contributed by atoms with Crippen LogP contribution in [-0.2, 0) is 4.74 Å². The Morgan fingerprint density at radius 3 is 2.76 bits per heavy atom. The molecule has 1 N–H and O–H groups in total. The van der Waals surface area contributed by atoms with Crippen LogP contribution in [0.25, 0.3) is 10.6 Å². The van der Waals surface area contributed by atoms with Gasteiger partial charge in [0, 0.05) is 5.56 Å². The molecule has 0 unspecified atom stereocenters. The van der Waals surface area contributed by atoms with Gasteiger partial charge < -0.3 is 9.84 Å². The maximum atomic E-state index is 11.5. The molecular formula is C12H11NO3S. The molecule has 5 heteroatoms. The molecule has 2 aromatic rings. The van der Waals surface area contributed by atoms with Crippen molar-refractivity contribution in [2.24, 2.45) is 0 Å². The van der Waals surface area contributed by atoms with E-state index in [1.807, 2.05) is 30.3 Å². The van der Waals surface area contributed by atoms with E-state index in [4.69, 9.17) is 4.74 Å². The zero-order valence-corrected chi connectivity index (χ0v) is 10.0. The Labute approximate surface area is 103 Å². The fourth-order valence-corrected chi connectivity index (χ4v) is 2.20. The van der Waals surface area contributed by atoms with Gasteiger partial charge in [-0.3, -0.25) is 0 Å². The molecule has 0 radical (unpaired) electrons. The summed E-state index contributed by atoms with van der Waals surface area (Å²) < 4.78 is 4.83.